The third-order valence-corrected chi connectivity index (χ3v) is 2.97. The first-order valence-electron chi connectivity index (χ1n) is 6.23. The second-order valence-electron chi connectivity index (χ2n) is 5.72. The van der Waals surface area contributed by atoms with Gasteiger partial charge >= 0.3 is 0 Å². The van der Waals surface area contributed by atoms with Gasteiger partial charge in [-0.1, -0.05) is 0 Å². The van der Waals surface area contributed by atoms with Crippen LogP contribution in [-0.4, -0.2) is 53.0 Å². The number of fused-ring (bicyclic) bond motifs is 1. The van der Waals surface area contributed by atoms with Gasteiger partial charge in [0.25, 0.3) is 0 Å². The Balaban J connectivity index is 1.81. The molecular weight excluding hydrogens is 240 g/mol. The molecule has 6 nitrogen and oxygen atoms in total. The number of hydrogen-bond acceptors (Lipinski definition) is 6. The Kier molecular flexibility index (Phi) is 3.70. The van der Waals surface area contributed by atoms with Crippen LogP contribution in [0.5, 0.6) is 0 Å². The lowest BCUT2D eigenvalue weighted by Crippen LogP contribution is -2.35. The van der Waals surface area contributed by atoms with Gasteiger partial charge in [-0.3, -0.25) is 0 Å². The summed E-state index contributed by atoms with van der Waals surface area (Å²) >= 11 is 0. The predicted molar refractivity (Wildman–Crippen MR) is 61.6 cm³/mol. The number of rotatable bonds is 4. The summed E-state index contributed by atoms with van der Waals surface area (Å²) in [6, 6.07) is 0. The summed E-state index contributed by atoms with van der Waals surface area (Å²) in [5.41, 5.74) is 0. The van der Waals surface area contributed by atoms with Crippen molar-refractivity contribution in [2.45, 2.75) is 70.3 Å². The third-order valence-electron chi connectivity index (χ3n) is 2.97. The highest BCUT2D eigenvalue weighted by molar-refractivity contribution is 4.92. The van der Waals surface area contributed by atoms with Crippen molar-refractivity contribution >= 4 is 0 Å². The molecule has 2 fully saturated rings. The maximum absolute atomic E-state index is 10.1. The van der Waals surface area contributed by atoms with Gasteiger partial charge in [-0.25, -0.2) is 0 Å². The van der Waals surface area contributed by atoms with Crippen molar-refractivity contribution in [2.24, 2.45) is 0 Å². The average Bonchev–Trinajstić information content (AvgIpc) is 2.61. The van der Waals surface area contributed by atoms with E-state index in [1.54, 1.807) is 27.7 Å². The van der Waals surface area contributed by atoms with Crippen LogP contribution in [-0.2, 0) is 18.9 Å². The molecule has 2 rings (SSSR count). The van der Waals surface area contributed by atoms with E-state index in [4.69, 9.17) is 18.9 Å². The highest BCUT2D eigenvalue weighted by Gasteiger charge is 2.53. The third kappa shape index (κ3) is 3.20. The van der Waals surface area contributed by atoms with Crippen LogP contribution < -0.4 is 0 Å². The zero-order chi connectivity index (χ0) is 13.6. The van der Waals surface area contributed by atoms with Crippen LogP contribution in [0.15, 0.2) is 0 Å². The van der Waals surface area contributed by atoms with Crippen LogP contribution in [0.3, 0.4) is 0 Å². The van der Waals surface area contributed by atoms with Crippen LogP contribution in [0.2, 0.25) is 0 Å². The molecular formula is C12H22O6. The SMILES string of the molecule is CC(C)(O)OCC[C@H]1O[C@@H]2OC(C)(C)O[C@@H]2C1O. The molecule has 4 atom stereocenters. The lowest BCUT2D eigenvalue weighted by Gasteiger charge is -2.24. The van der Waals surface area contributed by atoms with Crippen molar-refractivity contribution in [1.82, 2.24) is 0 Å². The summed E-state index contributed by atoms with van der Waals surface area (Å²) in [4.78, 5) is 0. The van der Waals surface area contributed by atoms with Crippen molar-refractivity contribution < 1.29 is 29.2 Å². The summed E-state index contributed by atoms with van der Waals surface area (Å²) in [6.45, 7) is 6.99. The monoisotopic (exact) mass is 262 g/mol. The van der Waals surface area contributed by atoms with Gasteiger partial charge in [-0.05, 0) is 34.1 Å². The van der Waals surface area contributed by atoms with E-state index < -0.39 is 36.2 Å². The van der Waals surface area contributed by atoms with Gasteiger partial charge in [0, 0.05) is 0 Å². The molecule has 2 aliphatic rings. The second-order valence-corrected chi connectivity index (χ2v) is 5.72. The molecule has 6 heteroatoms. The highest BCUT2D eigenvalue weighted by Crippen LogP contribution is 2.38. The molecule has 2 heterocycles. The lowest BCUT2D eigenvalue weighted by molar-refractivity contribution is -0.221. The lowest BCUT2D eigenvalue weighted by atomic mass is 10.1. The molecule has 0 aliphatic carbocycles. The smallest absolute Gasteiger partial charge is 0.190 e. The van der Waals surface area contributed by atoms with Crippen molar-refractivity contribution in [1.29, 1.82) is 0 Å². The molecule has 2 N–H and O–H groups in total. The van der Waals surface area contributed by atoms with Gasteiger partial charge in [0.15, 0.2) is 17.9 Å². The van der Waals surface area contributed by atoms with E-state index in [-0.39, 0.29) is 0 Å². The normalized spacial score (nSPS) is 39.0. The number of ether oxygens (including phenoxy) is 4. The van der Waals surface area contributed by atoms with Crippen LogP contribution in [0.25, 0.3) is 0 Å². The fourth-order valence-corrected chi connectivity index (χ4v) is 2.22. The van der Waals surface area contributed by atoms with Crippen molar-refractivity contribution in [3.8, 4) is 0 Å². The average molecular weight is 262 g/mol. The highest BCUT2D eigenvalue weighted by atomic mass is 16.8. The van der Waals surface area contributed by atoms with Crippen LogP contribution >= 0.6 is 0 Å². The van der Waals surface area contributed by atoms with Crippen LogP contribution in [0.1, 0.15) is 34.1 Å². The minimum absolute atomic E-state index is 0.300. The quantitative estimate of drug-likeness (QED) is 0.712. The standard InChI is InChI=1S/C12H22O6/c1-11(2,14)15-6-5-7-8(13)9-10(16-7)18-12(3,4)17-9/h7-10,13-14H,5-6H2,1-4H3/t7-,8?,9-,10-/m1/s1. The Morgan fingerprint density at radius 3 is 2.50 bits per heavy atom. The van der Waals surface area contributed by atoms with Crippen molar-refractivity contribution in [3.05, 3.63) is 0 Å². The first-order chi connectivity index (χ1) is 8.18. The van der Waals surface area contributed by atoms with E-state index in [0.29, 0.717) is 13.0 Å². The number of hydrogen-bond donors (Lipinski definition) is 2. The fourth-order valence-electron chi connectivity index (χ4n) is 2.22. The first kappa shape index (κ1) is 14.2. The van der Waals surface area contributed by atoms with Gasteiger partial charge in [-0.15, -0.1) is 0 Å². The molecule has 0 amide bonds. The predicted octanol–water partition coefficient (Wildman–Crippen LogP) is 0.359. The van der Waals surface area contributed by atoms with E-state index >= 15 is 0 Å². The Bertz CT molecular complexity index is 297. The van der Waals surface area contributed by atoms with E-state index in [0.717, 1.165) is 0 Å². The zero-order valence-corrected chi connectivity index (χ0v) is 11.3. The molecule has 2 saturated heterocycles. The minimum Gasteiger partial charge on any atom is -0.387 e. The number of aliphatic hydroxyl groups excluding tert-OH is 1. The molecule has 0 bridgehead atoms. The molecule has 106 valence electrons. The van der Waals surface area contributed by atoms with Crippen molar-refractivity contribution in [2.75, 3.05) is 6.61 Å². The largest absolute Gasteiger partial charge is 0.387 e. The fraction of sp³-hybridized carbons (Fsp3) is 1.00. The molecule has 0 radical (unpaired) electrons. The Labute approximate surface area is 107 Å². The summed E-state index contributed by atoms with van der Waals surface area (Å²) in [6.07, 6.45) is -1.62. The summed E-state index contributed by atoms with van der Waals surface area (Å²) in [5, 5.41) is 19.5. The zero-order valence-electron chi connectivity index (χ0n) is 11.3. The van der Waals surface area contributed by atoms with E-state index in [9.17, 15) is 10.2 Å². The van der Waals surface area contributed by atoms with Gasteiger partial charge in [-0.2, -0.15) is 0 Å². The molecule has 0 aromatic carbocycles. The number of aliphatic hydroxyl groups is 2. The summed E-state index contributed by atoms with van der Waals surface area (Å²) in [5.74, 6) is -1.89. The molecule has 2 aliphatic heterocycles. The van der Waals surface area contributed by atoms with E-state index in [2.05, 4.69) is 0 Å². The molecule has 0 aromatic rings. The van der Waals surface area contributed by atoms with Gasteiger partial charge in [0.05, 0.1) is 12.7 Å². The maximum atomic E-state index is 10.1. The summed E-state index contributed by atoms with van der Waals surface area (Å²) in [7, 11) is 0. The molecule has 0 saturated carbocycles. The van der Waals surface area contributed by atoms with Gasteiger partial charge in [0.2, 0.25) is 0 Å². The molecule has 1 unspecified atom stereocenters. The van der Waals surface area contributed by atoms with E-state index in [1.165, 1.54) is 0 Å². The van der Waals surface area contributed by atoms with Crippen molar-refractivity contribution in [3.63, 3.8) is 0 Å². The van der Waals surface area contributed by atoms with Gasteiger partial charge < -0.3 is 29.2 Å². The van der Waals surface area contributed by atoms with E-state index in [1.807, 2.05) is 0 Å². The Hall–Kier alpha value is -0.240. The molecule has 0 aromatic heterocycles. The van der Waals surface area contributed by atoms with Crippen LogP contribution in [0.4, 0.5) is 0 Å². The first-order valence-corrected chi connectivity index (χ1v) is 6.23. The maximum Gasteiger partial charge on any atom is 0.190 e. The van der Waals surface area contributed by atoms with Gasteiger partial charge in [0.1, 0.15) is 12.2 Å². The van der Waals surface area contributed by atoms with Crippen LogP contribution in [0, 0.1) is 0 Å². The Morgan fingerprint density at radius 1 is 1.28 bits per heavy atom. The Morgan fingerprint density at radius 2 is 1.94 bits per heavy atom. The molecule has 18 heavy (non-hydrogen) atoms. The summed E-state index contributed by atoms with van der Waals surface area (Å²) < 4.78 is 21.9. The second kappa shape index (κ2) is 4.70. The topological polar surface area (TPSA) is 77.4 Å². The molecule has 0 spiro atoms. The minimum atomic E-state index is -1.17.